The fourth-order valence-electron chi connectivity index (χ4n) is 2.35. The lowest BCUT2D eigenvalue weighted by Gasteiger charge is -2.39. The quantitative estimate of drug-likeness (QED) is 0.745. The zero-order valence-corrected chi connectivity index (χ0v) is 10.2. The van der Waals surface area contributed by atoms with Crippen molar-refractivity contribution in [3.8, 4) is 0 Å². The Balaban J connectivity index is 1.70. The van der Waals surface area contributed by atoms with Crippen LogP contribution >= 0.6 is 0 Å². The molecule has 1 heterocycles. The van der Waals surface area contributed by atoms with E-state index < -0.39 is 0 Å². The highest BCUT2D eigenvalue weighted by Crippen LogP contribution is 2.29. The summed E-state index contributed by atoms with van der Waals surface area (Å²) in [7, 11) is 0. The molecule has 0 bridgehead atoms. The SMILES string of the molecule is CC(N)C(C)N1CCN(CC2CC2)CC1. The van der Waals surface area contributed by atoms with E-state index in [4.69, 9.17) is 5.73 Å². The first-order valence-corrected chi connectivity index (χ1v) is 6.39. The van der Waals surface area contributed by atoms with E-state index in [1.807, 2.05) is 0 Å². The minimum atomic E-state index is 0.292. The van der Waals surface area contributed by atoms with Gasteiger partial charge in [-0.15, -0.1) is 0 Å². The lowest BCUT2D eigenvalue weighted by Crippen LogP contribution is -2.54. The Morgan fingerprint density at radius 2 is 1.73 bits per heavy atom. The van der Waals surface area contributed by atoms with Crippen LogP contribution in [-0.2, 0) is 0 Å². The van der Waals surface area contributed by atoms with Crippen LogP contribution in [0.5, 0.6) is 0 Å². The smallest absolute Gasteiger partial charge is 0.0217 e. The maximum absolute atomic E-state index is 5.94. The van der Waals surface area contributed by atoms with Crippen molar-refractivity contribution in [3.63, 3.8) is 0 Å². The van der Waals surface area contributed by atoms with Gasteiger partial charge in [0.1, 0.15) is 0 Å². The molecule has 1 aliphatic carbocycles. The van der Waals surface area contributed by atoms with Gasteiger partial charge in [-0.3, -0.25) is 4.90 Å². The summed E-state index contributed by atoms with van der Waals surface area (Å²) in [6, 6.07) is 0.827. The molecule has 1 saturated carbocycles. The summed E-state index contributed by atoms with van der Waals surface area (Å²) < 4.78 is 0. The van der Waals surface area contributed by atoms with E-state index in [0.717, 1.165) is 5.92 Å². The van der Waals surface area contributed by atoms with E-state index in [9.17, 15) is 0 Å². The van der Waals surface area contributed by atoms with Gasteiger partial charge in [0.05, 0.1) is 0 Å². The highest BCUT2D eigenvalue weighted by atomic mass is 15.3. The van der Waals surface area contributed by atoms with E-state index >= 15 is 0 Å². The molecule has 1 saturated heterocycles. The van der Waals surface area contributed by atoms with Crippen molar-refractivity contribution in [2.24, 2.45) is 11.7 Å². The van der Waals surface area contributed by atoms with Crippen LogP contribution in [0, 0.1) is 5.92 Å². The third-order valence-corrected chi connectivity index (χ3v) is 3.96. The number of nitrogens with zero attached hydrogens (tertiary/aromatic N) is 2. The molecule has 0 aromatic carbocycles. The van der Waals surface area contributed by atoms with E-state index in [0.29, 0.717) is 12.1 Å². The highest BCUT2D eigenvalue weighted by molar-refractivity contribution is 4.83. The summed E-state index contributed by atoms with van der Waals surface area (Å²) in [5.41, 5.74) is 5.94. The molecule has 0 aromatic rings. The van der Waals surface area contributed by atoms with E-state index in [-0.39, 0.29) is 0 Å². The zero-order valence-electron chi connectivity index (χ0n) is 10.2. The average Bonchev–Trinajstić information content (AvgIpc) is 3.02. The number of hydrogen-bond acceptors (Lipinski definition) is 3. The number of hydrogen-bond donors (Lipinski definition) is 1. The molecule has 2 fully saturated rings. The largest absolute Gasteiger partial charge is 0.327 e. The van der Waals surface area contributed by atoms with E-state index in [1.54, 1.807) is 0 Å². The fraction of sp³-hybridized carbons (Fsp3) is 1.00. The first-order chi connectivity index (χ1) is 7.16. The Morgan fingerprint density at radius 3 is 2.20 bits per heavy atom. The van der Waals surface area contributed by atoms with Crippen LogP contribution in [0.2, 0.25) is 0 Å². The van der Waals surface area contributed by atoms with Crippen molar-refractivity contribution >= 4 is 0 Å². The van der Waals surface area contributed by atoms with Gasteiger partial charge in [0.25, 0.3) is 0 Å². The second kappa shape index (κ2) is 4.81. The van der Waals surface area contributed by atoms with Crippen LogP contribution in [0.25, 0.3) is 0 Å². The molecule has 3 nitrogen and oxygen atoms in total. The van der Waals surface area contributed by atoms with Gasteiger partial charge < -0.3 is 10.6 Å². The monoisotopic (exact) mass is 211 g/mol. The van der Waals surface area contributed by atoms with Crippen LogP contribution in [0.15, 0.2) is 0 Å². The predicted molar refractivity (Wildman–Crippen MR) is 63.8 cm³/mol. The van der Waals surface area contributed by atoms with Crippen molar-refractivity contribution in [1.82, 2.24) is 9.80 Å². The standard InChI is InChI=1S/C12H25N3/c1-10(13)11(2)15-7-5-14(6-8-15)9-12-3-4-12/h10-12H,3-9,13H2,1-2H3. The minimum Gasteiger partial charge on any atom is -0.327 e. The topological polar surface area (TPSA) is 32.5 Å². The molecule has 15 heavy (non-hydrogen) atoms. The van der Waals surface area contributed by atoms with Gasteiger partial charge in [-0.25, -0.2) is 0 Å². The maximum Gasteiger partial charge on any atom is 0.0217 e. The lowest BCUT2D eigenvalue weighted by atomic mass is 10.1. The number of piperazine rings is 1. The third-order valence-electron chi connectivity index (χ3n) is 3.96. The molecule has 2 unspecified atom stereocenters. The Morgan fingerprint density at radius 1 is 1.13 bits per heavy atom. The van der Waals surface area contributed by atoms with Gasteiger partial charge >= 0.3 is 0 Å². The van der Waals surface area contributed by atoms with Crippen LogP contribution in [0.3, 0.4) is 0 Å². The number of rotatable bonds is 4. The average molecular weight is 211 g/mol. The van der Waals surface area contributed by atoms with Crippen LogP contribution in [0.4, 0.5) is 0 Å². The van der Waals surface area contributed by atoms with E-state index in [1.165, 1.54) is 45.6 Å². The lowest BCUT2D eigenvalue weighted by molar-refractivity contribution is 0.0915. The molecule has 88 valence electrons. The molecular weight excluding hydrogens is 186 g/mol. The van der Waals surface area contributed by atoms with Gasteiger partial charge in [0.2, 0.25) is 0 Å². The van der Waals surface area contributed by atoms with Crippen molar-refractivity contribution in [3.05, 3.63) is 0 Å². The van der Waals surface area contributed by atoms with Gasteiger partial charge in [0.15, 0.2) is 0 Å². The van der Waals surface area contributed by atoms with Gasteiger partial charge in [-0.1, -0.05) is 0 Å². The van der Waals surface area contributed by atoms with E-state index in [2.05, 4.69) is 23.6 Å². The second-order valence-electron chi connectivity index (χ2n) is 5.38. The first kappa shape index (κ1) is 11.4. The maximum atomic E-state index is 5.94. The third kappa shape index (κ3) is 3.16. The highest BCUT2D eigenvalue weighted by Gasteiger charge is 2.28. The Kier molecular flexibility index (Phi) is 3.65. The summed E-state index contributed by atoms with van der Waals surface area (Å²) >= 11 is 0. The molecule has 2 atom stereocenters. The van der Waals surface area contributed by atoms with Gasteiger partial charge in [0, 0.05) is 44.8 Å². The number of nitrogens with two attached hydrogens (primary N) is 1. The molecule has 2 rings (SSSR count). The summed E-state index contributed by atoms with van der Waals surface area (Å²) in [5, 5.41) is 0. The fourth-order valence-corrected chi connectivity index (χ4v) is 2.35. The molecule has 2 aliphatic rings. The van der Waals surface area contributed by atoms with Crippen LogP contribution in [0.1, 0.15) is 26.7 Å². The van der Waals surface area contributed by atoms with Crippen LogP contribution < -0.4 is 5.73 Å². The predicted octanol–water partition coefficient (Wildman–Crippen LogP) is 0.750. The minimum absolute atomic E-state index is 0.292. The Bertz CT molecular complexity index is 193. The molecule has 0 spiro atoms. The molecule has 2 N–H and O–H groups in total. The first-order valence-electron chi connectivity index (χ1n) is 6.39. The molecule has 0 aromatic heterocycles. The Hall–Kier alpha value is -0.120. The molecule has 0 radical (unpaired) electrons. The summed E-state index contributed by atoms with van der Waals surface area (Å²) in [5.74, 6) is 1.03. The van der Waals surface area contributed by atoms with Crippen molar-refractivity contribution in [2.45, 2.75) is 38.8 Å². The summed E-state index contributed by atoms with van der Waals surface area (Å²) in [4.78, 5) is 5.16. The zero-order chi connectivity index (χ0) is 10.8. The van der Waals surface area contributed by atoms with Gasteiger partial charge in [-0.05, 0) is 32.6 Å². The van der Waals surface area contributed by atoms with Crippen molar-refractivity contribution in [2.75, 3.05) is 32.7 Å². The molecule has 0 amide bonds. The molecule has 1 aliphatic heterocycles. The van der Waals surface area contributed by atoms with Crippen molar-refractivity contribution in [1.29, 1.82) is 0 Å². The Labute approximate surface area is 93.6 Å². The summed E-state index contributed by atoms with van der Waals surface area (Å²) in [6.45, 7) is 10.6. The second-order valence-corrected chi connectivity index (χ2v) is 5.38. The molecule has 3 heteroatoms. The normalized spacial score (nSPS) is 29.0. The van der Waals surface area contributed by atoms with Gasteiger partial charge in [-0.2, -0.15) is 0 Å². The molecular formula is C12H25N3. The summed E-state index contributed by atoms with van der Waals surface area (Å²) in [6.07, 6.45) is 2.94. The van der Waals surface area contributed by atoms with Crippen LogP contribution in [-0.4, -0.2) is 54.6 Å². The van der Waals surface area contributed by atoms with Crippen molar-refractivity contribution < 1.29 is 0 Å².